The van der Waals surface area contributed by atoms with Crippen LogP contribution in [0.25, 0.3) is 11.3 Å². The Kier molecular flexibility index (Phi) is 5.95. The molecule has 0 spiro atoms. The lowest BCUT2D eigenvalue weighted by molar-refractivity contribution is 0.0562. The summed E-state index contributed by atoms with van der Waals surface area (Å²) >= 11 is 0. The quantitative estimate of drug-likeness (QED) is 0.495. The number of amides is 1. The lowest BCUT2D eigenvalue weighted by Crippen LogP contribution is -2.49. The number of rotatable bonds is 7. The molecule has 1 aromatic carbocycles. The van der Waals surface area contributed by atoms with E-state index >= 15 is 0 Å². The smallest absolute Gasteiger partial charge is 0.251 e. The van der Waals surface area contributed by atoms with E-state index in [1.165, 1.54) is 18.3 Å². The van der Waals surface area contributed by atoms with Gasteiger partial charge < -0.3 is 15.7 Å². The predicted molar refractivity (Wildman–Crippen MR) is 122 cm³/mol. The summed E-state index contributed by atoms with van der Waals surface area (Å²) in [6, 6.07) is 13.5. The number of anilines is 1. The van der Waals surface area contributed by atoms with Crippen LogP contribution in [-0.4, -0.2) is 51.1 Å². The first-order valence-electron chi connectivity index (χ1n) is 11.3. The minimum atomic E-state index is -0.976. The van der Waals surface area contributed by atoms with E-state index in [4.69, 9.17) is 0 Å². The summed E-state index contributed by atoms with van der Waals surface area (Å²) in [6.07, 6.45) is 1.76. The summed E-state index contributed by atoms with van der Waals surface area (Å²) in [5, 5.41) is 23.9. The van der Waals surface area contributed by atoms with Crippen LogP contribution in [0.15, 0.2) is 54.7 Å². The van der Waals surface area contributed by atoms with E-state index in [9.17, 15) is 18.7 Å². The predicted octanol–water partition coefficient (Wildman–Crippen LogP) is 3.41. The Hall–Kier alpha value is -3.46. The maximum Gasteiger partial charge on any atom is 0.251 e. The molecule has 0 saturated heterocycles. The van der Waals surface area contributed by atoms with Crippen LogP contribution in [0, 0.1) is 5.82 Å². The van der Waals surface area contributed by atoms with E-state index in [0.717, 1.165) is 5.56 Å². The summed E-state index contributed by atoms with van der Waals surface area (Å²) in [6.45, 7) is 0.293. The number of aromatic nitrogens is 3. The maximum absolute atomic E-state index is 14.3. The third-order valence-electron chi connectivity index (χ3n) is 6.63. The van der Waals surface area contributed by atoms with Gasteiger partial charge in [-0.1, -0.05) is 12.1 Å². The summed E-state index contributed by atoms with van der Waals surface area (Å²) in [5.41, 5.74) is 1.40. The number of benzene rings is 1. The number of hydrogen-bond donors (Lipinski definition) is 3. The van der Waals surface area contributed by atoms with Gasteiger partial charge in [-0.25, -0.2) is 8.78 Å². The third-order valence-corrected chi connectivity index (χ3v) is 6.63. The van der Waals surface area contributed by atoms with E-state index in [1.54, 1.807) is 30.3 Å². The third kappa shape index (κ3) is 4.48. The van der Waals surface area contributed by atoms with Gasteiger partial charge in [-0.2, -0.15) is 0 Å². The van der Waals surface area contributed by atoms with Crippen molar-refractivity contribution in [2.24, 2.45) is 0 Å². The average Bonchev–Trinajstić information content (AvgIpc) is 2.81. The summed E-state index contributed by atoms with van der Waals surface area (Å²) < 4.78 is 28.1. The van der Waals surface area contributed by atoms with Crippen molar-refractivity contribution >= 4 is 11.7 Å². The van der Waals surface area contributed by atoms with Crippen LogP contribution in [0.4, 0.5) is 14.6 Å². The van der Waals surface area contributed by atoms with Crippen molar-refractivity contribution in [2.75, 3.05) is 11.9 Å². The number of carbonyl (C=O) groups excluding carboxylic acids is 1. The molecular weight excluding hydrogens is 440 g/mol. The van der Waals surface area contributed by atoms with E-state index in [1.807, 2.05) is 6.07 Å². The fourth-order valence-corrected chi connectivity index (χ4v) is 4.62. The Morgan fingerprint density at radius 1 is 1.12 bits per heavy atom. The first-order chi connectivity index (χ1) is 16.4. The Morgan fingerprint density at radius 3 is 2.62 bits per heavy atom. The molecule has 9 heteroatoms. The number of carbonyl (C=O) groups is 1. The largest absolute Gasteiger partial charge is 0.393 e. The van der Waals surface area contributed by atoms with Crippen LogP contribution in [0.5, 0.6) is 0 Å². The molecule has 2 aliphatic carbocycles. The molecule has 1 amide bonds. The normalized spacial score (nSPS) is 25.7. The second-order valence-corrected chi connectivity index (χ2v) is 9.15. The summed E-state index contributed by atoms with van der Waals surface area (Å²) in [5.74, 6) is -0.141. The standard InChI is InChI=1S/C25H25F2N5O2/c26-17-12-25(13-17,23-20(27)5-2-8-28-23)14-29-22-7-6-21(31-32-22)15-3-1-4-16(9-15)24(34)30-18-10-19(33)11-18/h1-9,17-19,33H,10-14H2,(H,29,32)(H,30,34). The number of aliphatic hydroxyl groups is 1. The highest BCUT2D eigenvalue weighted by Crippen LogP contribution is 2.45. The van der Waals surface area contributed by atoms with E-state index in [0.29, 0.717) is 36.5 Å². The van der Waals surface area contributed by atoms with Gasteiger partial charge >= 0.3 is 0 Å². The molecule has 2 fully saturated rings. The molecule has 3 aromatic rings. The molecule has 0 aliphatic heterocycles. The Bertz CT molecular complexity index is 1180. The lowest BCUT2D eigenvalue weighted by Gasteiger charge is -2.44. The molecule has 5 rings (SSSR count). The molecule has 2 saturated carbocycles. The molecule has 34 heavy (non-hydrogen) atoms. The van der Waals surface area contributed by atoms with Crippen LogP contribution in [0.3, 0.4) is 0 Å². The SMILES string of the molecule is O=C(NC1CC(O)C1)c1cccc(-c2ccc(NCC3(c4ncccc4F)CC(F)C3)nn2)c1. The Morgan fingerprint density at radius 2 is 1.94 bits per heavy atom. The molecule has 2 aliphatic rings. The van der Waals surface area contributed by atoms with E-state index in [-0.39, 0.29) is 36.6 Å². The number of hydrogen-bond acceptors (Lipinski definition) is 6. The zero-order valence-corrected chi connectivity index (χ0v) is 18.4. The maximum atomic E-state index is 14.3. The fraction of sp³-hybridized carbons (Fsp3) is 0.360. The Balaban J connectivity index is 1.25. The van der Waals surface area contributed by atoms with Crippen molar-refractivity contribution in [1.82, 2.24) is 20.5 Å². The second-order valence-electron chi connectivity index (χ2n) is 9.15. The average molecular weight is 466 g/mol. The first kappa shape index (κ1) is 22.3. The zero-order valence-electron chi connectivity index (χ0n) is 18.4. The molecule has 0 atom stereocenters. The lowest BCUT2D eigenvalue weighted by atomic mass is 9.65. The molecule has 3 N–H and O–H groups in total. The molecule has 2 heterocycles. The number of nitrogens with one attached hydrogen (secondary N) is 2. The highest BCUT2D eigenvalue weighted by Gasteiger charge is 2.48. The fourth-order valence-electron chi connectivity index (χ4n) is 4.62. The number of aliphatic hydroxyl groups excluding tert-OH is 1. The number of nitrogens with zero attached hydrogens (tertiary/aromatic N) is 3. The van der Waals surface area contributed by atoms with Gasteiger partial charge in [0.25, 0.3) is 5.91 Å². The minimum absolute atomic E-state index is 0.00232. The molecule has 0 unspecified atom stereocenters. The monoisotopic (exact) mass is 465 g/mol. The first-order valence-corrected chi connectivity index (χ1v) is 11.3. The van der Waals surface area contributed by atoms with Crippen molar-refractivity contribution in [3.63, 3.8) is 0 Å². The van der Waals surface area contributed by atoms with Gasteiger partial charge in [0.05, 0.1) is 17.5 Å². The summed E-state index contributed by atoms with van der Waals surface area (Å²) in [4.78, 5) is 16.6. The van der Waals surface area contributed by atoms with Gasteiger partial charge in [0, 0.05) is 35.3 Å². The molecule has 0 bridgehead atoms. The van der Waals surface area contributed by atoms with Crippen LogP contribution in [0.1, 0.15) is 41.7 Å². The van der Waals surface area contributed by atoms with Gasteiger partial charge in [0.1, 0.15) is 17.8 Å². The second kappa shape index (κ2) is 9.06. The van der Waals surface area contributed by atoms with Crippen LogP contribution >= 0.6 is 0 Å². The summed E-state index contributed by atoms with van der Waals surface area (Å²) in [7, 11) is 0. The van der Waals surface area contributed by atoms with Gasteiger partial charge in [-0.05, 0) is 62.1 Å². The number of pyridine rings is 1. The van der Waals surface area contributed by atoms with Gasteiger partial charge in [0.2, 0.25) is 0 Å². The van der Waals surface area contributed by atoms with Gasteiger partial charge in [-0.3, -0.25) is 9.78 Å². The zero-order chi connectivity index (χ0) is 23.7. The molecular formula is C25H25F2N5O2. The number of alkyl halides is 1. The minimum Gasteiger partial charge on any atom is -0.393 e. The van der Waals surface area contributed by atoms with Gasteiger partial charge in [0.15, 0.2) is 0 Å². The molecule has 0 radical (unpaired) electrons. The molecule has 176 valence electrons. The topological polar surface area (TPSA) is 100 Å². The molecule has 7 nitrogen and oxygen atoms in total. The number of halogens is 2. The van der Waals surface area contributed by atoms with Gasteiger partial charge in [-0.15, -0.1) is 10.2 Å². The van der Waals surface area contributed by atoms with E-state index in [2.05, 4.69) is 25.8 Å². The molecule has 2 aromatic heterocycles. The highest BCUT2D eigenvalue weighted by molar-refractivity contribution is 5.95. The Labute approximate surface area is 195 Å². The van der Waals surface area contributed by atoms with Crippen molar-refractivity contribution < 1.29 is 18.7 Å². The highest BCUT2D eigenvalue weighted by atomic mass is 19.1. The van der Waals surface area contributed by atoms with E-state index < -0.39 is 17.4 Å². The van der Waals surface area contributed by atoms with Crippen LogP contribution in [-0.2, 0) is 5.41 Å². The van der Waals surface area contributed by atoms with Crippen molar-refractivity contribution in [1.29, 1.82) is 0 Å². The van der Waals surface area contributed by atoms with Crippen LogP contribution < -0.4 is 10.6 Å². The van der Waals surface area contributed by atoms with Crippen LogP contribution in [0.2, 0.25) is 0 Å². The van der Waals surface area contributed by atoms with Crippen molar-refractivity contribution in [2.45, 2.75) is 49.4 Å². The van der Waals surface area contributed by atoms with Crippen molar-refractivity contribution in [3.8, 4) is 11.3 Å². The van der Waals surface area contributed by atoms with Crippen molar-refractivity contribution in [3.05, 3.63) is 71.8 Å².